The molecule has 1 aromatic heterocycles. The van der Waals surface area contributed by atoms with Crippen LogP contribution in [0.4, 0.5) is 0 Å². The Morgan fingerprint density at radius 2 is 1.47 bits per heavy atom. The van der Waals surface area contributed by atoms with Crippen LogP contribution < -0.4 is 15.0 Å². The van der Waals surface area contributed by atoms with Gasteiger partial charge in [-0.15, -0.1) is 0 Å². The van der Waals surface area contributed by atoms with Gasteiger partial charge in [-0.05, 0) is 11.6 Å². The normalized spacial score (nSPS) is 18.0. The Bertz CT molecular complexity index is 1100. The third-order valence-corrected chi connectivity index (χ3v) is 6.01. The highest BCUT2D eigenvalue weighted by Crippen LogP contribution is 2.34. The van der Waals surface area contributed by atoms with Crippen LogP contribution in [0.1, 0.15) is 31.2 Å². The molecule has 0 radical (unpaired) electrons. The molecule has 0 amide bonds. The van der Waals surface area contributed by atoms with Gasteiger partial charge in [-0.25, -0.2) is 4.98 Å². The Morgan fingerprint density at radius 1 is 0.875 bits per heavy atom. The summed E-state index contributed by atoms with van der Waals surface area (Å²) in [5, 5.41) is 0.532. The quantitative estimate of drug-likeness (QED) is 0.588. The molecule has 0 aliphatic carbocycles. The lowest BCUT2D eigenvalue weighted by molar-refractivity contribution is 0.0142. The maximum absolute atomic E-state index is 13.3. The van der Waals surface area contributed by atoms with Crippen LogP contribution in [0.3, 0.4) is 0 Å². The number of aromatic nitrogens is 2. The van der Waals surface area contributed by atoms with Gasteiger partial charge >= 0.3 is 0 Å². The lowest BCUT2D eigenvalue weighted by atomic mass is 10.1. The van der Waals surface area contributed by atoms with Crippen LogP contribution in [0.2, 0.25) is 0 Å². The molecular weight excluding hydrogens is 408 g/mol. The standard InChI is InChI=1S/C25H28N2O5/c28-25-21-14-23(31-19-6-10-29-11-7-19)24(32-20-8-12-30-13-9-20)15-22(21)26-17-27(25)16-18-4-2-1-3-5-18/h1-5,14-15,17,19-20H,6-13,16H2. The monoisotopic (exact) mass is 436 g/mol. The number of nitrogens with zero attached hydrogens (tertiary/aromatic N) is 2. The molecule has 0 saturated carbocycles. The van der Waals surface area contributed by atoms with Crippen LogP contribution in [0.15, 0.2) is 53.6 Å². The number of benzene rings is 2. The van der Waals surface area contributed by atoms with E-state index in [4.69, 9.17) is 18.9 Å². The second kappa shape index (κ2) is 9.71. The molecule has 2 saturated heterocycles. The van der Waals surface area contributed by atoms with Gasteiger partial charge in [-0.2, -0.15) is 0 Å². The first-order chi connectivity index (χ1) is 15.8. The molecule has 2 fully saturated rings. The highest BCUT2D eigenvalue weighted by Gasteiger charge is 2.22. The highest BCUT2D eigenvalue weighted by atomic mass is 16.5. The Hall–Kier alpha value is -2.90. The van der Waals surface area contributed by atoms with Gasteiger partial charge in [0.1, 0.15) is 12.2 Å². The molecule has 2 aromatic carbocycles. The summed E-state index contributed by atoms with van der Waals surface area (Å²) in [7, 11) is 0. The third-order valence-electron chi connectivity index (χ3n) is 6.01. The van der Waals surface area contributed by atoms with Crippen molar-refractivity contribution in [2.45, 2.75) is 44.4 Å². The average Bonchev–Trinajstić information content (AvgIpc) is 2.84. The molecule has 0 spiro atoms. The zero-order valence-corrected chi connectivity index (χ0v) is 18.1. The molecule has 0 bridgehead atoms. The zero-order valence-electron chi connectivity index (χ0n) is 18.1. The minimum absolute atomic E-state index is 0.0430. The summed E-state index contributed by atoms with van der Waals surface area (Å²) in [5.74, 6) is 1.25. The molecule has 168 valence electrons. The first kappa shape index (κ1) is 21.0. The number of rotatable bonds is 6. The molecular formula is C25H28N2O5. The van der Waals surface area contributed by atoms with E-state index >= 15 is 0 Å². The van der Waals surface area contributed by atoms with E-state index < -0.39 is 0 Å². The molecule has 3 aromatic rings. The first-order valence-corrected chi connectivity index (χ1v) is 11.3. The molecule has 0 atom stereocenters. The summed E-state index contributed by atoms with van der Waals surface area (Å²) < 4.78 is 25.2. The average molecular weight is 437 g/mol. The smallest absolute Gasteiger partial charge is 0.261 e. The summed E-state index contributed by atoms with van der Waals surface area (Å²) in [4.78, 5) is 17.8. The van der Waals surface area contributed by atoms with Crippen molar-refractivity contribution < 1.29 is 18.9 Å². The van der Waals surface area contributed by atoms with E-state index in [0.717, 1.165) is 31.2 Å². The Morgan fingerprint density at radius 3 is 2.09 bits per heavy atom. The number of hydrogen-bond acceptors (Lipinski definition) is 6. The van der Waals surface area contributed by atoms with Crippen LogP contribution in [0, 0.1) is 0 Å². The van der Waals surface area contributed by atoms with E-state index in [0.29, 0.717) is 55.4 Å². The van der Waals surface area contributed by atoms with Crippen LogP contribution in [-0.2, 0) is 16.0 Å². The van der Waals surface area contributed by atoms with Crippen molar-refractivity contribution in [2.24, 2.45) is 0 Å². The highest BCUT2D eigenvalue weighted by molar-refractivity contribution is 5.81. The summed E-state index contributed by atoms with van der Waals surface area (Å²) in [5.41, 5.74) is 1.57. The second-order valence-corrected chi connectivity index (χ2v) is 8.34. The fourth-order valence-corrected chi connectivity index (χ4v) is 4.19. The van der Waals surface area contributed by atoms with E-state index in [1.165, 1.54) is 0 Å². The largest absolute Gasteiger partial charge is 0.486 e. The van der Waals surface area contributed by atoms with E-state index in [9.17, 15) is 4.79 Å². The van der Waals surface area contributed by atoms with E-state index in [1.54, 1.807) is 17.0 Å². The summed E-state index contributed by atoms with van der Waals surface area (Å²) in [6.45, 7) is 3.21. The summed E-state index contributed by atoms with van der Waals surface area (Å²) >= 11 is 0. The Kier molecular flexibility index (Phi) is 6.36. The maximum Gasteiger partial charge on any atom is 0.261 e. The molecule has 7 heteroatoms. The van der Waals surface area contributed by atoms with Crippen molar-refractivity contribution in [3.05, 3.63) is 64.7 Å². The molecule has 0 N–H and O–H groups in total. The van der Waals surface area contributed by atoms with Gasteiger partial charge < -0.3 is 18.9 Å². The first-order valence-electron chi connectivity index (χ1n) is 11.3. The lowest BCUT2D eigenvalue weighted by Gasteiger charge is -2.27. The topological polar surface area (TPSA) is 71.8 Å². The summed E-state index contributed by atoms with van der Waals surface area (Å²) in [6, 6.07) is 13.5. The predicted octanol–water partition coefficient (Wildman–Crippen LogP) is 3.56. The van der Waals surface area contributed by atoms with Crippen molar-refractivity contribution in [1.29, 1.82) is 0 Å². The van der Waals surface area contributed by atoms with Crippen molar-refractivity contribution in [3.8, 4) is 11.5 Å². The third kappa shape index (κ3) is 4.79. The van der Waals surface area contributed by atoms with Crippen LogP contribution in [0.25, 0.3) is 10.9 Å². The van der Waals surface area contributed by atoms with E-state index in [2.05, 4.69) is 4.98 Å². The van der Waals surface area contributed by atoms with E-state index in [1.807, 2.05) is 36.4 Å². The van der Waals surface area contributed by atoms with Gasteiger partial charge in [-0.1, -0.05) is 30.3 Å². The van der Waals surface area contributed by atoms with E-state index in [-0.39, 0.29) is 17.8 Å². The fourth-order valence-electron chi connectivity index (χ4n) is 4.19. The summed E-state index contributed by atoms with van der Waals surface area (Å²) in [6.07, 6.45) is 5.02. The molecule has 32 heavy (non-hydrogen) atoms. The van der Waals surface area contributed by atoms with Crippen molar-refractivity contribution in [2.75, 3.05) is 26.4 Å². The number of hydrogen-bond donors (Lipinski definition) is 0. The van der Waals surface area contributed by atoms with Crippen LogP contribution in [-0.4, -0.2) is 48.2 Å². The fraction of sp³-hybridized carbons (Fsp3) is 0.440. The zero-order chi connectivity index (χ0) is 21.8. The molecule has 3 heterocycles. The van der Waals surface area contributed by atoms with Gasteiger partial charge in [0.2, 0.25) is 0 Å². The second-order valence-electron chi connectivity index (χ2n) is 8.34. The Labute approximate surface area is 186 Å². The number of fused-ring (bicyclic) bond motifs is 1. The minimum atomic E-state index is -0.0895. The van der Waals surface area contributed by atoms with Gasteiger partial charge in [0.15, 0.2) is 11.5 Å². The number of ether oxygens (including phenoxy) is 4. The lowest BCUT2D eigenvalue weighted by Crippen LogP contribution is -2.28. The van der Waals surface area contributed by atoms with Crippen molar-refractivity contribution in [1.82, 2.24) is 9.55 Å². The van der Waals surface area contributed by atoms with Crippen LogP contribution >= 0.6 is 0 Å². The Balaban J connectivity index is 1.50. The minimum Gasteiger partial charge on any atom is -0.486 e. The van der Waals surface area contributed by atoms with Gasteiger partial charge in [0.25, 0.3) is 5.56 Å². The van der Waals surface area contributed by atoms with Crippen LogP contribution in [0.5, 0.6) is 11.5 Å². The van der Waals surface area contributed by atoms with Gasteiger partial charge in [0.05, 0.1) is 50.2 Å². The molecule has 7 nitrogen and oxygen atoms in total. The molecule has 0 unspecified atom stereocenters. The van der Waals surface area contributed by atoms with Gasteiger partial charge in [-0.3, -0.25) is 9.36 Å². The SMILES string of the molecule is O=c1c2cc(OC3CCOCC3)c(OC3CCOCC3)cc2ncn1Cc1ccccc1. The van der Waals surface area contributed by atoms with Crippen molar-refractivity contribution >= 4 is 10.9 Å². The van der Waals surface area contributed by atoms with Gasteiger partial charge in [0, 0.05) is 31.7 Å². The predicted molar refractivity (Wildman–Crippen MR) is 120 cm³/mol. The maximum atomic E-state index is 13.3. The molecule has 5 rings (SSSR count). The molecule has 2 aliphatic heterocycles. The van der Waals surface area contributed by atoms with Crippen molar-refractivity contribution in [3.63, 3.8) is 0 Å². The molecule has 2 aliphatic rings.